The molecule has 1 aliphatic heterocycles. The van der Waals surface area contributed by atoms with Crippen LogP contribution >= 0.6 is 23.2 Å². The van der Waals surface area contributed by atoms with Crippen LogP contribution < -0.4 is 0 Å². The molecular weight excluding hydrogens is 393 g/mol. The van der Waals surface area contributed by atoms with E-state index in [2.05, 4.69) is 0 Å². The van der Waals surface area contributed by atoms with Crippen LogP contribution in [0.2, 0.25) is 10.0 Å². The van der Waals surface area contributed by atoms with Gasteiger partial charge in [-0.25, -0.2) is 8.42 Å². The van der Waals surface area contributed by atoms with Crippen molar-refractivity contribution in [2.45, 2.75) is 25.9 Å². The van der Waals surface area contributed by atoms with Crippen LogP contribution in [0.25, 0.3) is 0 Å². The van der Waals surface area contributed by atoms with Crippen molar-refractivity contribution in [3.8, 4) is 0 Å². The Kier molecular flexibility index (Phi) is 5.61. The molecule has 1 unspecified atom stereocenters. The summed E-state index contributed by atoms with van der Waals surface area (Å²) in [4.78, 5) is 14.7. The van der Waals surface area contributed by atoms with Gasteiger partial charge in [0.1, 0.15) is 0 Å². The van der Waals surface area contributed by atoms with Crippen molar-refractivity contribution in [2.75, 3.05) is 11.5 Å². The van der Waals surface area contributed by atoms with Gasteiger partial charge in [0.05, 0.1) is 11.5 Å². The highest BCUT2D eigenvalue weighted by Crippen LogP contribution is 2.27. The number of hydrogen-bond acceptors (Lipinski definition) is 3. The molecule has 3 rings (SSSR count). The van der Waals surface area contributed by atoms with Crippen LogP contribution in [-0.4, -0.2) is 36.8 Å². The number of sulfone groups is 1. The molecule has 0 bridgehead atoms. The van der Waals surface area contributed by atoms with Crippen molar-refractivity contribution in [3.05, 3.63) is 69.2 Å². The van der Waals surface area contributed by atoms with Crippen LogP contribution in [0.4, 0.5) is 0 Å². The van der Waals surface area contributed by atoms with E-state index in [-0.39, 0.29) is 30.0 Å². The summed E-state index contributed by atoms with van der Waals surface area (Å²) in [6, 6.07) is 12.0. The number of aryl methyl sites for hydroxylation is 1. The Bertz CT molecular complexity index is 926. The fraction of sp³-hybridized carbons (Fsp3) is 0.316. The third kappa shape index (κ3) is 4.40. The average molecular weight is 412 g/mol. The van der Waals surface area contributed by atoms with E-state index in [1.807, 2.05) is 19.1 Å². The molecule has 2 aromatic rings. The van der Waals surface area contributed by atoms with Crippen molar-refractivity contribution in [1.82, 2.24) is 4.90 Å². The lowest BCUT2D eigenvalue weighted by Gasteiger charge is -2.29. The van der Waals surface area contributed by atoms with Gasteiger partial charge in [0.2, 0.25) is 0 Å². The van der Waals surface area contributed by atoms with Crippen molar-refractivity contribution >= 4 is 38.9 Å². The molecule has 1 atom stereocenters. The summed E-state index contributed by atoms with van der Waals surface area (Å²) in [6.07, 6.45) is 0.436. The third-order valence-corrected chi connectivity index (χ3v) is 6.90. The predicted molar refractivity (Wildman–Crippen MR) is 105 cm³/mol. The molecule has 26 heavy (non-hydrogen) atoms. The van der Waals surface area contributed by atoms with E-state index in [4.69, 9.17) is 23.2 Å². The fourth-order valence-electron chi connectivity index (χ4n) is 3.08. The first-order valence-corrected chi connectivity index (χ1v) is 10.8. The van der Waals surface area contributed by atoms with Crippen molar-refractivity contribution in [3.63, 3.8) is 0 Å². The van der Waals surface area contributed by atoms with Crippen LogP contribution in [0.15, 0.2) is 42.5 Å². The van der Waals surface area contributed by atoms with Gasteiger partial charge in [0.25, 0.3) is 5.91 Å². The maximum Gasteiger partial charge on any atom is 0.254 e. The molecule has 2 aromatic carbocycles. The lowest BCUT2D eigenvalue weighted by atomic mass is 10.1. The number of halogens is 2. The Hall–Kier alpha value is -1.56. The first kappa shape index (κ1) is 19.2. The molecule has 0 saturated carbocycles. The normalized spacial score (nSPS) is 18.7. The molecule has 0 aliphatic carbocycles. The van der Waals surface area contributed by atoms with Gasteiger partial charge in [0.15, 0.2) is 9.84 Å². The number of carbonyl (C=O) groups is 1. The zero-order valence-corrected chi connectivity index (χ0v) is 16.6. The van der Waals surface area contributed by atoms with E-state index in [0.29, 0.717) is 22.0 Å². The smallest absolute Gasteiger partial charge is 0.254 e. The summed E-state index contributed by atoms with van der Waals surface area (Å²) in [6.45, 7) is 2.19. The highest BCUT2D eigenvalue weighted by molar-refractivity contribution is 7.91. The number of hydrogen-bond donors (Lipinski definition) is 0. The lowest BCUT2D eigenvalue weighted by molar-refractivity contribution is 0.0681. The van der Waals surface area contributed by atoms with Crippen LogP contribution in [0.1, 0.15) is 27.9 Å². The first-order chi connectivity index (χ1) is 12.2. The molecule has 1 aliphatic rings. The van der Waals surface area contributed by atoms with E-state index in [9.17, 15) is 13.2 Å². The second kappa shape index (κ2) is 7.59. The minimum atomic E-state index is -3.12. The SMILES string of the molecule is Cc1ccc(C(=O)N(Cc2ccc(Cl)cc2Cl)C2CCS(=O)(=O)C2)cc1. The molecule has 1 amide bonds. The van der Waals surface area contributed by atoms with E-state index in [1.165, 1.54) is 0 Å². The quantitative estimate of drug-likeness (QED) is 0.759. The number of amides is 1. The Morgan fingerprint density at radius 1 is 1.15 bits per heavy atom. The summed E-state index contributed by atoms with van der Waals surface area (Å²) < 4.78 is 23.9. The van der Waals surface area contributed by atoms with E-state index >= 15 is 0 Å². The summed E-state index contributed by atoms with van der Waals surface area (Å²) in [5.41, 5.74) is 2.32. The second-order valence-corrected chi connectivity index (χ2v) is 9.66. The first-order valence-electron chi connectivity index (χ1n) is 8.27. The highest BCUT2D eigenvalue weighted by Gasteiger charge is 2.35. The largest absolute Gasteiger partial charge is 0.330 e. The summed E-state index contributed by atoms with van der Waals surface area (Å²) in [5.74, 6) is -0.113. The topological polar surface area (TPSA) is 54.5 Å². The molecule has 1 heterocycles. The number of benzene rings is 2. The van der Waals surface area contributed by atoms with Gasteiger partial charge in [0, 0.05) is 28.2 Å². The molecule has 0 radical (unpaired) electrons. The van der Waals surface area contributed by atoms with Gasteiger partial charge in [-0.05, 0) is 43.2 Å². The number of nitrogens with zero attached hydrogens (tertiary/aromatic N) is 1. The molecule has 4 nitrogen and oxygen atoms in total. The van der Waals surface area contributed by atoms with E-state index in [1.54, 1.807) is 35.2 Å². The average Bonchev–Trinajstić information content (AvgIpc) is 2.94. The van der Waals surface area contributed by atoms with Crippen LogP contribution in [0.5, 0.6) is 0 Å². The minimum absolute atomic E-state index is 0.0180. The second-order valence-electron chi connectivity index (χ2n) is 6.59. The molecule has 0 spiro atoms. The Morgan fingerprint density at radius 2 is 1.85 bits per heavy atom. The van der Waals surface area contributed by atoms with Crippen LogP contribution in [0, 0.1) is 6.92 Å². The molecule has 0 aromatic heterocycles. The summed E-state index contributed by atoms with van der Waals surface area (Å²) in [7, 11) is -3.12. The molecule has 0 N–H and O–H groups in total. The Morgan fingerprint density at radius 3 is 2.42 bits per heavy atom. The van der Waals surface area contributed by atoms with Gasteiger partial charge in [-0.2, -0.15) is 0 Å². The van der Waals surface area contributed by atoms with Gasteiger partial charge >= 0.3 is 0 Å². The number of rotatable bonds is 4. The van der Waals surface area contributed by atoms with Crippen molar-refractivity contribution in [1.29, 1.82) is 0 Å². The summed E-state index contributed by atoms with van der Waals surface area (Å²) in [5, 5.41) is 0.971. The fourth-order valence-corrected chi connectivity index (χ4v) is 5.28. The van der Waals surface area contributed by atoms with Crippen molar-refractivity contribution < 1.29 is 13.2 Å². The Labute approximate surface area is 163 Å². The van der Waals surface area contributed by atoms with Crippen LogP contribution in [0.3, 0.4) is 0 Å². The van der Waals surface area contributed by atoms with Gasteiger partial charge in [-0.15, -0.1) is 0 Å². The minimum Gasteiger partial charge on any atom is -0.330 e. The lowest BCUT2D eigenvalue weighted by Crippen LogP contribution is -2.40. The standard InChI is InChI=1S/C19H19Cl2NO3S/c1-13-2-4-14(5-3-13)19(23)22(17-8-9-26(24,25)12-17)11-15-6-7-16(20)10-18(15)21/h2-7,10,17H,8-9,11-12H2,1H3. The Balaban J connectivity index is 1.93. The van der Waals surface area contributed by atoms with E-state index in [0.717, 1.165) is 11.1 Å². The number of carbonyl (C=O) groups excluding carboxylic acids is 1. The molecular formula is C19H19Cl2NO3S. The molecule has 138 valence electrons. The molecule has 7 heteroatoms. The van der Waals surface area contributed by atoms with Gasteiger partial charge < -0.3 is 4.90 Å². The maximum atomic E-state index is 13.1. The zero-order chi connectivity index (χ0) is 18.9. The van der Waals surface area contributed by atoms with Gasteiger partial charge in [-0.1, -0.05) is 47.0 Å². The van der Waals surface area contributed by atoms with Crippen LogP contribution in [-0.2, 0) is 16.4 Å². The highest BCUT2D eigenvalue weighted by atomic mass is 35.5. The monoisotopic (exact) mass is 411 g/mol. The molecule has 1 saturated heterocycles. The molecule has 1 fully saturated rings. The van der Waals surface area contributed by atoms with E-state index < -0.39 is 9.84 Å². The maximum absolute atomic E-state index is 13.1. The summed E-state index contributed by atoms with van der Waals surface area (Å²) >= 11 is 12.2. The van der Waals surface area contributed by atoms with Crippen molar-refractivity contribution in [2.24, 2.45) is 0 Å². The zero-order valence-electron chi connectivity index (χ0n) is 14.3. The third-order valence-electron chi connectivity index (χ3n) is 4.56. The van der Waals surface area contributed by atoms with Gasteiger partial charge in [-0.3, -0.25) is 4.79 Å². The predicted octanol–water partition coefficient (Wildman–Crippen LogP) is 4.13.